The number of rotatable bonds is 4. The van der Waals surface area contributed by atoms with Crippen molar-refractivity contribution in [2.75, 3.05) is 6.61 Å². The van der Waals surface area contributed by atoms with Crippen LogP contribution in [0.3, 0.4) is 0 Å². The third-order valence-electron chi connectivity index (χ3n) is 2.86. The van der Waals surface area contributed by atoms with Crippen LogP contribution in [-0.2, 0) is 0 Å². The number of ether oxygens (including phenoxy) is 1. The van der Waals surface area contributed by atoms with Gasteiger partial charge >= 0.3 is 0 Å². The highest BCUT2D eigenvalue weighted by Crippen LogP contribution is 2.37. The summed E-state index contributed by atoms with van der Waals surface area (Å²) in [6.07, 6.45) is 1.25. The summed E-state index contributed by atoms with van der Waals surface area (Å²) in [7, 11) is 0. The maximum Gasteiger partial charge on any atom is 0.248 e. The Morgan fingerprint density at radius 1 is 1.60 bits per heavy atom. The molecule has 1 aliphatic rings. The van der Waals surface area contributed by atoms with Gasteiger partial charge in [-0.3, -0.25) is 4.79 Å². The van der Waals surface area contributed by atoms with Crippen LogP contribution in [0.25, 0.3) is 0 Å². The molecule has 1 aliphatic carbocycles. The van der Waals surface area contributed by atoms with Gasteiger partial charge in [0.15, 0.2) is 0 Å². The van der Waals surface area contributed by atoms with Crippen molar-refractivity contribution in [1.82, 2.24) is 0 Å². The van der Waals surface area contributed by atoms with E-state index >= 15 is 0 Å². The summed E-state index contributed by atoms with van der Waals surface area (Å²) in [4.78, 5) is 10.9. The van der Waals surface area contributed by atoms with Gasteiger partial charge in [0.1, 0.15) is 5.75 Å². The van der Waals surface area contributed by atoms with Crippen LogP contribution in [0.1, 0.15) is 23.7 Å². The number of carbonyl (C=O) groups is 1. The Labute approximate surface area is 89.2 Å². The van der Waals surface area contributed by atoms with Crippen molar-refractivity contribution in [3.8, 4) is 5.75 Å². The largest absolute Gasteiger partial charge is 0.493 e. The highest BCUT2D eigenvalue weighted by molar-refractivity contribution is 5.93. The van der Waals surface area contributed by atoms with E-state index in [-0.39, 0.29) is 0 Å². The van der Waals surface area contributed by atoms with E-state index in [9.17, 15) is 4.79 Å². The van der Waals surface area contributed by atoms with Crippen LogP contribution in [-0.4, -0.2) is 12.5 Å². The first-order chi connectivity index (χ1) is 7.16. The van der Waals surface area contributed by atoms with Gasteiger partial charge in [0.25, 0.3) is 0 Å². The zero-order valence-corrected chi connectivity index (χ0v) is 8.77. The second kappa shape index (κ2) is 3.93. The summed E-state index contributed by atoms with van der Waals surface area (Å²) in [5, 5.41) is 0. The van der Waals surface area contributed by atoms with Crippen LogP contribution in [0.5, 0.6) is 5.75 Å². The van der Waals surface area contributed by atoms with Gasteiger partial charge in [-0.15, -0.1) is 0 Å². The molecule has 1 aromatic carbocycles. The van der Waals surface area contributed by atoms with E-state index in [0.29, 0.717) is 11.5 Å². The van der Waals surface area contributed by atoms with E-state index in [4.69, 9.17) is 10.5 Å². The average molecular weight is 205 g/mol. The van der Waals surface area contributed by atoms with Crippen molar-refractivity contribution in [3.63, 3.8) is 0 Å². The lowest BCUT2D eigenvalue weighted by Gasteiger charge is -2.05. The van der Waals surface area contributed by atoms with Crippen LogP contribution in [0, 0.1) is 11.8 Å². The fourth-order valence-corrected chi connectivity index (χ4v) is 1.57. The van der Waals surface area contributed by atoms with Crippen LogP contribution in [0.4, 0.5) is 0 Å². The number of hydrogen-bond acceptors (Lipinski definition) is 2. The Balaban J connectivity index is 1.95. The lowest BCUT2D eigenvalue weighted by molar-refractivity contribution is 0.1000. The quantitative estimate of drug-likeness (QED) is 0.815. The third-order valence-corrected chi connectivity index (χ3v) is 2.86. The molecule has 0 bridgehead atoms. The SMILES string of the molecule is CC1CC1COc1cccc(C(N)=O)c1. The molecule has 2 unspecified atom stereocenters. The monoisotopic (exact) mass is 205 g/mol. The van der Waals surface area contributed by atoms with E-state index in [0.717, 1.165) is 18.3 Å². The summed E-state index contributed by atoms with van der Waals surface area (Å²) in [6, 6.07) is 7.01. The van der Waals surface area contributed by atoms with Crippen LogP contribution in [0.2, 0.25) is 0 Å². The first-order valence-corrected chi connectivity index (χ1v) is 5.19. The minimum atomic E-state index is -0.416. The molecular weight excluding hydrogens is 190 g/mol. The maximum atomic E-state index is 10.9. The van der Waals surface area contributed by atoms with E-state index in [2.05, 4.69) is 6.92 Å². The first kappa shape index (κ1) is 10.0. The molecule has 0 aliphatic heterocycles. The van der Waals surface area contributed by atoms with E-state index in [1.165, 1.54) is 6.42 Å². The second-order valence-electron chi connectivity index (χ2n) is 4.18. The van der Waals surface area contributed by atoms with E-state index < -0.39 is 5.91 Å². The first-order valence-electron chi connectivity index (χ1n) is 5.19. The van der Waals surface area contributed by atoms with Crippen LogP contribution in [0.15, 0.2) is 24.3 Å². The fraction of sp³-hybridized carbons (Fsp3) is 0.417. The Hall–Kier alpha value is -1.51. The second-order valence-corrected chi connectivity index (χ2v) is 4.18. The van der Waals surface area contributed by atoms with Crippen molar-refractivity contribution < 1.29 is 9.53 Å². The summed E-state index contributed by atoms with van der Waals surface area (Å²) in [5.41, 5.74) is 5.68. The predicted molar refractivity (Wildman–Crippen MR) is 57.7 cm³/mol. The van der Waals surface area contributed by atoms with Crippen molar-refractivity contribution >= 4 is 5.91 Å². The van der Waals surface area contributed by atoms with Gasteiger partial charge in [-0.05, 0) is 36.5 Å². The smallest absolute Gasteiger partial charge is 0.248 e. The van der Waals surface area contributed by atoms with E-state index in [1.807, 2.05) is 6.07 Å². The molecule has 15 heavy (non-hydrogen) atoms. The molecule has 3 heteroatoms. The van der Waals surface area contributed by atoms with Crippen LogP contribution >= 0.6 is 0 Å². The normalized spacial score (nSPS) is 23.5. The number of nitrogens with two attached hydrogens (primary N) is 1. The van der Waals surface area contributed by atoms with Crippen molar-refractivity contribution in [1.29, 1.82) is 0 Å². The topological polar surface area (TPSA) is 52.3 Å². The molecule has 1 saturated carbocycles. The van der Waals surface area contributed by atoms with Crippen LogP contribution < -0.4 is 10.5 Å². The molecule has 0 saturated heterocycles. The highest BCUT2D eigenvalue weighted by atomic mass is 16.5. The molecule has 3 nitrogen and oxygen atoms in total. The molecule has 0 radical (unpaired) electrons. The fourth-order valence-electron chi connectivity index (χ4n) is 1.57. The van der Waals surface area contributed by atoms with Gasteiger partial charge in [0, 0.05) is 5.56 Å². The molecule has 0 spiro atoms. The van der Waals surface area contributed by atoms with Crippen molar-refractivity contribution in [3.05, 3.63) is 29.8 Å². The summed E-state index contributed by atoms with van der Waals surface area (Å²) in [6.45, 7) is 2.96. The minimum Gasteiger partial charge on any atom is -0.493 e. The molecule has 0 aromatic heterocycles. The summed E-state index contributed by atoms with van der Waals surface area (Å²) in [5.74, 6) is 1.78. The number of amides is 1. The van der Waals surface area contributed by atoms with Crippen molar-refractivity contribution in [2.24, 2.45) is 17.6 Å². The zero-order valence-electron chi connectivity index (χ0n) is 8.77. The number of benzene rings is 1. The molecule has 1 amide bonds. The molecule has 1 aromatic rings. The maximum absolute atomic E-state index is 10.9. The summed E-state index contributed by atoms with van der Waals surface area (Å²) >= 11 is 0. The Bertz CT molecular complexity index is 376. The molecule has 2 N–H and O–H groups in total. The van der Waals surface area contributed by atoms with Gasteiger partial charge in [-0.1, -0.05) is 13.0 Å². The van der Waals surface area contributed by atoms with Gasteiger partial charge < -0.3 is 10.5 Å². The standard InChI is InChI=1S/C12H15NO2/c1-8-5-10(8)7-15-11-4-2-3-9(6-11)12(13)14/h2-4,6,8,10H,5,7H2,1H3,(H2,13,14). The Morgan fingerprint density at radius 3 is 2.93 bits per heavy atom. The lowest BCUT2D eigenvalue weighted by atomic mass is 10.2. The lowest BCUT2D eigenvalue weighted by Crippen LogP contribution is -2.11. The molecule has 0 heterocycles. The highest BCUT2D eigenvalue weighted by Gasteiger charge is 2.32. The molecule has 2 atom stereocenters. The number of carbonyl (C=O) groups excluding carboxylic acids is 1. The van der Waals surface area contributed by atoms with Crippen molar-refractivity contribution in [2.45, 2.75) is 13.3 Å². The van der Waals surface area contributed by atoms with Gasteiger partial charge in [-0.25, -0.2) is 0 Å². The van der Waals surface area contributed by atoms with Gasteiger partial charge in [-0.2, -0.15) is 0 Å². The van der Waals surface area contributed by atoms with E-state index in [1.54, 1.807) is 18.2 Å². The molecule has 1 fully saturated rings. The molecule has 2 rings (SSSR count). The molecule has 80 valence electrons. The number of hydrogen-bond donors (Lipinski definition) is 1. The predicted octanol–water partition coefficient (Wildman–Crippen LogP) is 1.82. The van der Waals surface area contributed by atoms with Gasteiger partial charge in [0.2, 0.25) is 5.91 Å². The van der Waals surface area contributed by atoms with Gasteiger partial charge in [0.05, 0.1) is 6.61 Å². The molecular formula is C12H15NO2. The number of primary amides is 1. The zero-order chi connectivity index (χ0) is 10.8. The summed E-state index contributed by atoms with van der Waals surface area (Å²) < 4.78 is 5.58. The Morgan fingerprint density at radius 2 is 2.33 bits per heavy atom. The third kappa shape index (κ3) is 2.49. The Kier molecular flexibility index (Phi) is 2.62. The average Bonchev–Trinajstić information content (AvgIpc) is 2.92. The minimum absolute atomic E-state index is 0.416.